The number of hydrogen-bond acceptors (Lipinski definition) is 4. The van der Waals surface area contributed by atoms with Gasteiger partial charge in [0, 0.05) is 18.8 Å². The molecule has 0 saturated carbocycles. The third-order valence-electron chi connectivity index (χ3n) is 2.93. The van der Waals surface area contributed by atoms with Gasteiger partial charge in [-0.2, -0.15) is 0 Å². The van der Waals surface area contributed by atoms with Gasteiger partial charge in [0.15, 0.2) is 0 Å². The standard InChI is InChI=1S/C18H19NO3/c1-18(2,3)22-17(21)16(20)12-13-5-4-6-15(11-13)14-7-9-19-10-8-14/h4-11H,12H2,1-3H3. The second-order valence-electron chi connectivity index (χ2n) is 6.04. The van der Waals surface area contributed by atoms with Crippen LogP contribution in [-0.4, -0.2) is 22.3 Å². The molecule has 4 nitrogen and oxygen atoms in total. The maximum atomic E-state index is 12.0. The lowest BCUT2D eigenvalue weighted by Crippen LogP contribution is -2.29. The Hall–Kier alpha value is -2.49. The summed E-state index contributed by atoms with van der Waals surface area (Å²) in [7, 11) is 0. The van der Waals surface area contributed by atoms with Gasteiger partial charge >= 0.3 is 5.97 Å². The molecule has 0 radical (unpaired) electrons. The average molecular weight is 297 g/mol. The van der Waals surface area contributed by atoms with Crippen molar-refractivity contribution in [3.63, 3.8) is 0 Å². The van der Waals surface area contributed by atoms with Gasteiger partial charge in [-0.3, -0.25) is 9.78 Å². The Morgan fingerprint density at radius 1 is 1.05 bits per heavy atom. The minimum atomic E-state index is -0.790. The summed E-state index contributed by atoms with van der Waals surface area (Å²) < 4.78 is 5.09. The first kappa shape index (κ1) is 15.9. The molecule has 114 valence electrons. The van der Waals surface area contributed by atoms with E-state index in [-0.39, 0.29) is 6.42 Å². The zero-order chi connectivity index (χ0) is 16.2. The topological polar surface area (TPSA) is 56.3 Å². The quantitative estimate of drug-likeness (QED) is 0.642. The molecule has 1 heterocycles. The number of rotatable bonds is 4. The van der Waals surface area contributed by atoms with Gasteiger partial charge < -0.3 is 4.74 Å². The first-order valence-electron chi connectivity index (χ1n) is 7.11. The number of esters is 1. The number of carbonyl (C=O) groups excluding carboxylic acids is 2. The lowest BCUT2D eigenvalue weighted by atomic mass is 10.0. The fourth-order valence-corrected chi connectivity index (χ4v) is 2.00. The number of pyridine rings is 1. The van der Waals surface area contributed by atoms with Crippen LogP contribution in [0.4, 0.5) is 0 Å². The molecule has 0 N–H and O–H groups in total. The molecule has 2 aromatic rings. The summed E-state index contributed by atoms with van der Waals surface area (Å²) in [6, 6.07) is 11.3. The fraction of sp³-hybridized carbons (Fsp3) is 0.278. The first-order valence-corrected chi connectivity index (χ1v) is 7.11. The normalized spacial score (nSPS) is 11.0. The van der Waals surface area contributed by atoms with E-state index in [0.717, 1.165) is 16.7 Å². The second kappa shape index (κ2) is 6.52. The number of nitrogens with zero attached hydrogens (tertiary/aromatic N) is 1. The van der Waals surface area contributed by atoms with Gasteiger partial charge in [-0.15, -0.1) is 0 Å². The molecule has 0 aliphatic heterocycles. The minimum absolute atomic E-state index is 0.0356. The molecule has 0 aliphatic rings. The molecule has 2 rings (SSSR count). The molecule has 1 aromatic carbocycles. The summed E-state index contributed by atoms with van der Waals surface area (Å²) in [5.41, 5.74) is 2.12. The van der Waals surface area contributed by atoms with Gasteiger partial charge in [0.25, 0.3) is 0 Å². The molecule has 0 fully saturated rings. The number of benzene rings is 1. The highest BCUT2D eigenvalue weighted by molar-refractivity contribution is 6.34. The predicted octanol–water partition coefficient (Wildman–Crippen LogP) is 3.20. The lowest BCUT2D eigenvalue weighted by Gasteiger charge is -2.18. The molecule has 4 heteroatoms. The summed E-state index contributed by atoms with van der Waals surface area (Å²) in [6.45, 7) is 5.22. The Morgan fingerprint density at radius 2 is 1.73 bits per heavy atom. The molecule has 0 aliphatic carbocycles. The van der Waals surface area contributed by atoms with Crippen LogP contribution >= 0.6 is 0 Å². The van der Waals surface area contributed by atoms with Crippen LogP contribution in [0.15, 0.2) is 48.8 Å². The van der Waals surface area contributed by atoms with Gasteiger partial charge in [0.1, 0.15) is 5.60 Å². The van der Waals surface area contributed by atoms with Crippen molar-refractivity contribution in [3.05, 3.63) is 54.4 Å². The van der Waals surface area contributed by atoms with Crippen LogP contribution in [0.25, 0.3) is 11.1 Å². The Kier molecular flexibility index (Phi) is 4.71. The molecule has 22 heavy (non-hydrogen) atoms. The first-order chi connectivity index (χ1) is 10.3. The van der Waals surface area contributed by atoms with E-state index < -0.39 is 17.4 Å². The average Bonchev–Trinajstić information content (AvgIpc) is 2.46. The van der Waals surface area contributed by atoms with Crippen molar-refractivity contribution in [1.82, 2.24) is 4.98 Å². The number of carbonyl (C=O) groups is 2. The van der Waals surface area contributed by atoms with E-state index >= 15 is 0 Å². The van der Waals surface area contributed by atoms with Crippen molar-refractivity contribution in [1.29, 1.82) is 0 Å². The molecular formula is C18H19NO3. The summed E-state index contributed by atoms with van der Waals surface area (Å²) in [5, 5.41) is 0. The number of ether oxygens (including phenoxy) is 1. The monoisotopic (exact) mass is 297 g/mol. The van der Waals surface area contributed by atoms with Crippen molar-refractivity contribution >= 4 is 11.8 Å². The Balaban J connectivity index is 2.11. The van der Waals surface area contributed by atoms with Crippen molar-refractivity contribution in [3.8, 4) is 11.1 Å². The molecular weight excluding hydrogens is 278 g/mol. The van der Waals surface area contributed by atoms with Crippen molar-refractivity contribution in [2.45, 2.75) is 32.8 Å². The Bertz CT molecular complexity index is 672. The van der Waals surface area contributed by atoms with E-state index in [9.17, 15) is 9.59 Å². The lowest BCUT2D eigenvalue weighted by molar-refractivity contribution is -0.162. The Morgan fingerprint density at radius 3 is 2.36 bits per heavy atom. The van der Waals surface area contributed by atoms with E-state index in [4.69, 9.17) is 4.74 Å². The smallest absolute Gasteiger partial charge is 0.375 e. The van der Waals surface area contributed by atoms with Crippen LogP contribution in [0.1, 0.15) is 26.3 Å². The zero-order valence-electron chi connectivity index (χ0n) is 13.0. The van der Waals surface area contributed by atoms with Crippen LogP contribution in [-0.2, 0) is 20.7 Å². The Labute approximate surface area is 130 Å². The summed E-state index contributed by atoms with van der Waals surface area (Å²) >= 11 is 0. The van der Waals surface area contributed by atoms with Gasteiger partial charge in [-0.25, -0.2) is 4.79 Å². The van der Waals surface area contributed by atoms with Crippen molar-refractivity contribution < 1.29 is 14.3 Å². The highest BCUT2D eigenvalue weighted by atomic mass is 16.6. The largest absolute Gasteiger partial charge is 0.454 e. The molecule has 1 aromatic heterocycles. The van der Waals surface area contributed by atoms with Crippen molar-refractivity contribution in [2.24, 2.45) is 0 Å². The minimum Gasteiger partial charge on any atom is -0.454 e. The summed E-state index contributed by atoms with van der Waals surface area (Å²) in [6.07, 6.45) is 3.47. The number of Topliss-reactive ketones (excluding diaryl/α,β-unsaturated/α-hetero) is 1. The summed E-state index contributed by atoms with van der Waals surface area (Å²) in [5.74, 6) is -1.33. The zero-order valence-corrected chi connectivity index (χ0v) is 13.0. The fourth-order valence-electron chi connectivity index (χ4n) is 2.00. The third kappa shape index (κ3) is 4.52. The van der Waals surface area contributed by atoms with Crippen LogP contribution in [0, 0.1) is 0 Å². The highest BCUT2D eigenvalue weighted by Gasteiger charge is 2.22. The van der Waals surface area contributed by atoms with Gasteiger partial charge in [-0.05, 0) is 49.6 Å². The van der Waals surface area contributed by atoms with Gasteiger partial charge in [0.2, 0.25) is 5.78 Å². The molecule has 0 unspecified atom stereocenters. The SMILES string of the molecule is CC(C)(C)OC(=O)C(=O)Cc1cccc(-c2ccncc2)c1. The van der Waals surface area contributed by atoms with Gasteiger partial charge in [0.05, 0.1) is 0 Å². The number of aromatic nitrogens is 1. The predicted molar refractivity (Wildman–Crippen MR) is 84.2 cm³/mol. The molecule has 0 atom stereocenters. The summed E-state index contributed by atoms with van der Waals surface area (Å²) in [4.78, 5) is 27.7. The van der Waals surface area contributed by atoms with E-state index in [2.05, 4.69) is 4.98 Å². The maximum Gasteiger partial charge on any atom is 0.375 e. The molecule has 0 spiro atoms. The molecule has 0 saturated heterocycles. The van der Waals surface area contributed by atoms with Crippen LogP contribution in [0.3, 0.4) is 0 Å². The van der Waals surface area contributed by atoms with Crippen LogP contribution in [0.2, 0.25) is 0 Å². The third-order valence-corrected chi connectivity index (χ3v) is 2.93. The van der Waals surface area contributed by atoms with E-state index in [1.165, 1.54) is 0 Å². The van der Waals surface area contributed by atoms with Gasteiger partial charge in [-0.1, -0.05) is 24.3 Å². The number of hydrogen-bond donors (Lipinski definition) is 0. The second-order valence-corrected chi connectivity index (χ2v) is 6.04. The van der Waals surface area contributed by atoms with E-state index in [0.29, 0.717) is 0 Å². The molecule has 0 bridgehead atoms. The van der Waals surface area contributed by atoms with Crippen LogP contribution in [0.5, 0.6) is 0 Å². The number of ketones is 1. The van der Waals surface area contributed by atoms with E-state index in [1.807, 2.05) is 36.4 Å². The van der Waals surface area contributed by atoms with Crippen molar-refractivity contribution in [2.75, 3.05) is 0 Å². The maximum absolute atomic E-state index is 12.0. The molecule has 0 amide bonds. The van der Waals surface area contributed by atoms with E-state index in [1.54, 1.807) is 33.2 Å². The van der Waals surface area contributed by atoms with Crippen LogP contribution < -0.4 is 0 Å². The highest BCUT2D eigenvalue weighted by Crippen LogP contribution is 2.20.